The molecule has 0 fully saturated rings. The summed E-state index contributed by atoms with van der Waals surface area (Å²) >= 11 is 0. The molecule has 1 aliphatic rings. The SMILES string of the molecule is CC(=O)Nc1cccc(-c2ccc3c(c2)/C(=C\NCc2ccc(O)c(O)c2)C(=O)NC3=O)c1. The second-order valence-corrected chi connectivity index (χ2v) is 7.57. The smallest absolute Gasteiger partial charge is 0.260 e. The number of imide groups is 1. The molecule has 0 bridgehead atoms. The van der Waals surface area contributed by atoms with E-state index < -0.39 is 11.8 Å². The van der Waals surface area contributed by atoms with Crippen LogP contribution >= 0.6 is 0 Å². The van der Waals surface area contributed by atoms with Crippen molar-refractivity contribution in [3.05, 3.63) is 83.6 Å². The maximum atomic E-state index is 12.6. The van der Waals surface area contributed by atoms with Gasteiger partial charge in [0.25, 0.3) is 11.8 Å². The first-order valence-corrected chi connectivity index (χ1v) is 10.1. The van der Waals surface area contributed by atoms with Crippen LogP contribution in [0.4, 0.5) is 5.69 Å². The van der Waals surface area contributed by atoms with Crippen LogP contribution < -0.4 is 16.0 Å². The van der Waals surface area contributed by atoms with Gasteiger partial charge in [0.15, 0.2) is 11.5 Å². The van der Waals surface area contributed by atoms with Crippen molar-refractivity contribution in [3.8, 4) is 22.6 Å². The summed E-state index contributed by atoms with van der Waals surface area (Å²) in [7, 11) is 0. The van der Waals surface area contributed by atoms with Crippen molar-refractivity contribution >= 4 is 29.0 Å². The van der Waals surface area contributed by atoms with E-state index in [0.29, 0.717) is 22.4 Å². The Balaban J connectivity index is 1.66. The van der Waals surface area contributed by atoms with Gasteiger partial charge in [-0.2, -0.15) is 0 Å². The molecule has 166 valence electrons. The summed E-state index contributed by atoms with van der Waals surface area (Å²) in [6.45, 7) is 1.71. The van der Waals surface area contributed by atoms with Gasteiger partial charge in [0.1, 0.15) is 0 Å². The number of nitrogens with one attached hydrogen (secondary N) is 3. The summed E-state index contributed by atoms with van der Waals surface area (Å²) in [4.78, 5) is 36.3. The molecule has 0 aliphatic carbocycles. The van der Waals surface area contributed by atoms with Gasteiger partial charge in [0.2, 0.25) is 5.91 Å². The lowest BCUT2D eigenvalue weighted by Gasteiger charge is -2.20. The maximum Gasteiger partial charge on any atom is 0.260 e. The number of carbonyl (C=O) groups is 3. The first kappa shape index (κ1) is 21.6. The second kappa shape index (κ2) is 8.88. The molecule has 0 saturated carbocycles. The normalized spacial score (nSPS) is 13.9. The van der Waals surface area contributed by atoms with Gasteiger partial charge in [-0.15, -0.1) is 0 Å². The van der Waals surface area contributed by atoms with E-state index in [1.807, 2.05) is 18.2 Å². The molecule has 8 heteroatoms. The van der Waals surface area contributed by atoms with E-state index in [1.165, 1.54) is 25.3 Å². The van der Waals surface area contributed by atoms with Crippen molar-refractivity contribution in [3.63, 3.8) is 0 Å². The zero-order valence-electron chi connectivity index (χ0n) is 17.7. The van der Waals surface area contributed by atoms with Crippen LogP contribution in [0.25, 0.3) is 16.7 Å². The fourth-order valence-corrected chi connectivity index (χ4v) is 3.58. The molecule has 0 atom stereocenters. The Morgan fingerprint density at radius 1 is 0.909 bits per heavy atom. The standard InChI is InChI=1S/C25H21N3O5/c1-14(29)27-18-4-2-3-16(10-18)17-6-7-19-20(11-17)21(25(33)28-24(19)32)13-26-12-15-5-8-22(30)23(31)9-15/h2-11,13,26,30-31H,12H2,1H3,(H,27,29)(H,28,32,33)/b21-13+. The van der Waals surface area contributed by atoms with E-state index in [9.17, 15) is 24.6 Å². The minimum atomic E-state index is -0.530. The van der Waals surface area contributed by atoms with Crippen LogP contribution in [0.2, 0.25) is 0 Å². The molecule has 0 unspecified atom stereocenters. The number of rotatable bonds is 5. The van der Waals surface area contributed by atoms with Crippen LogP contribution in [0.15, 0.2) is 66.9 Å². The topological polar surface area (TPSA) is 128 Å². The second-order valence-electron chi connectivity index (χ2n) is 7.57. The highest BCUT2D eigenvalue weighted by Crippen LogP contribution is 2.31. The van der Waals surface area contributed by atoms with E-state index in [-0.39, 0.29) is 29.5 Å². The Hall–Kier alpha value is -4.59. The van der Waals surface area contributed by atoms with Crippen molar-refractivity contribution in [1.82, 2.24) is 10.6 Å². The highest BCUT2D eigenvalue weighted by atomic mass is 16.3. The Morgan fingerprint density at radius 2 is 1.70 bits per heavy atom. The molecule has 1 aliphatic heterocycles. The van der Waals surface area contributed by atoms with Crippen LogP contribution in [0.3, 0.4) is 0 Å². The third-order valence-electron chi connectivity index (χ3n) is 5.13. The molecule has 3 aromatic carbocycles. The average molecular weight is 443 g/mol. The first-order chi connectivity index (χ1) is 15.8. The van der Waals surface area contributed by atoms with Gasteiger partial charge in [0, 0.05) is 36.5 Å². The van der Waals surface area contributed by atoms with E-state index in [4.69, 9.17) is 0 Å². The lowest BCUT2D eigenvalue weighted by Crippen LogP contribution is -2.37. The predicted molar refractivity (Wildman–Crippen MR) is 123 cm³/mol. The van der Waals surface area contributed by atoms with Gasteiger partial charge in [-0.05, 0) is 53.1 Å². The fourth-order valence-electron chi connectivity index (χ4n) is 3.58. The van der Waals surface area contributed by atoms with Crippen molar-refractivity contribution < 1.29 is 24.6 Å². The molecule has 0 saturated heterocycles. The van der Waals surface area contributed by atoms with Crippen molar-refractivity contribution in [2.75, 3.05) is 5.32 Å². The fraction of sp³-hybridized carbons (Fsp3) is 0.0800. The van der Waals surface area contributed by atoms with Gasteiger partial charge in [-0.25, -0.2) is 0 Å². The van der Waals surface area contributed by atoms with Gasteiger partial charge < -0.3 is 20.8 Å². The number of hydrogen-bond donors (Lipinski definition) is 5. The minimum Gasteiger partial charge on any atom is -0.504 e. The summed E-state index contributed by atoms with van der Waals surface area (Å²) in [6.07, 6.45) is 1.52. The van der Waals surface area contributed by atoms with Crippen LogP contribution in [0.5, 0.6) is 11.5 Å². The molecular formula is C25H21N3O5. The lowest BCUT2D eigenvalue weighted by molar-refractivity contribution is -0.115. The van der Waals surface area contributed by atoms with Gasteiger partial charge in [0.05, 0.1) is 5.57 Å². The van der Waals surface area contributed by atoms with Crippen molar-refractivity contribution in [1.29, 1.82) is 0 Å². The van der Waals surface area contributed by atoms with E-state index >= 15 is 0 Å². The molecule has 8 nitrogen and oxygen atoms in total. The van der Waals surface area contributed by atoms with E-state index in [1.54, 1.807) is 30.3 Å². The molecule has 5 N–H and O–H groups in total. The van der Waals surface area contributed by atoms with Crippen LogP contribution in [0.1, 0.15) is 28.4 Å². The Kier molecular flexibility index (Phi) is 5.82. The zero-order valence-corrected chi connectivity index (χ0v) is 17.7. The van der Waals surface area contributed by atoms with Crippen LogP contribution in [0, 0.1) is 0 Å². The number of phenols is 2. The summed E-state index contributed by atoms with van der Waals surface area (Å²) in [5.74, 6) is -1.64. The maximum absolute atomic E-state index is 12.6. The number of hydrogen-bond acceptors (Lipinski definition) is 6. The molecule has 4 rings (SSSR count). The predicted octanol–water partition coefficient (Wildman–Crippen LogP) is 3.12. The molecule has 3 aromatic rings. The highest BCUT2D eigenvalue weighted by molar-refractivity contribution is 6.31. The number of amides is 3. The lowest BCUT2D eigenvalue weighted by atomic mass is 9.91. The Bertz CT molecular complexity index is 1310. The monoisotopic (exact) mass is 443 g/mol. The van der Waals surface area contributed by atoms with Crippen LogP contribution in [-0.2, 0) is 16.1 Å². The number of fused-ring (bicyclic) bond motifs is 1. The van der Waals surface area contributed by atoms with Crippen molar-refractivity contribution in [2.45, 2.75) is 13.5 Å². The molecular weight excluding hydrogens is 422 g/mol. The molecule has 0 radical (unpaired) electrons. The third-order valence-corrected chi connectivity index (χ3v) is 5.13. The molecule has 33 heavy (non-hydrogen) atoms. The number of phenolic OH excluding ortho intramolecular Hbond substituents is 2. The average Bonchev–Trinajstić information content (AvgIpc) is 2.77. The molecule has 1 heterocycles. The molecule has 3 amide bonds. The minimum absolute atomic E-state index is 0.182. The van der Waals surface area contributed by atoms with Crippen LogP contribution in [-0.4, -0.2) is 27.9 Å². The summed E-state index contributed by atoms with van der Waals surface area (Å²) in [6, 6.07) is 16.9. The summed E-state index contributed by atoms with van der Waals surface area (Å²) in [5, 5.41) is 27.2. The number of anilines is 1. The summed E-state index contributed by atoms with van der Waals surface area (Å²) in [5.41, 5.74) is 4.05. The number of carbonyl (C=O) groups excluding carboxylic acids is 3. The Morgan fingerprint density at radius 3 is 2.45 bits per heavy atom. The van der Waals surface area contributed by atoms with E-state index in [0.717, 1.165) is 11.1 Å². The first-order valence-electron chi connectivity index (χ1n) is 10.1. The zero-order chi connectivity index (χ0) is 23.5. The largest absolute Gasteiger partial charge is 0.504 e. The molecule has 0 aromatic heterocycles. The Labute approximate surface area is 189 Å². The van der Waals surface area contributed by atoms with Gasteiger partial charge >= 0.3 is 0 Å². The van der Waals surface area contributed by atoms with Gasteiger partial charge in [-0.1, -0.05) is 24.3 Å². The van der Waals surface area contributed by atoms with Gasteiger partial charge in [-0.3, -0.25) is 19.7 Å². The molecule has 0 spiro atoms. The quantitative estimate of drug-likeness (QED) is 0.234. The number of benzene rings is 3. The summed E-state index contributed by atoms with van der Waals surface area (Å²) < 4.78 is 0. The third kappa shape index (κ3) is 4.69. The van der Waals surface area contributed by atoms with E-state index in [2.05, 4.69) is 16.0 Å². The highest BCUT2D eigenvalue weighted by Gasteiger charge is 2.27. The number of aromatic hydroxyl groups is 2. The van der Waals surface area contributed by atoms with Crippen molar-refractivity contribution in [2.24, 2.45) is 0 Å².